The van der Waals surface area contributed by atoms with E-state index in [-0.39, 0.29) is 6.61 Å². The molecule has 0 spiro atoms. The molecular formula is C6H8BrNO2. The van der Waals surface area contributed by atoms with Crippen molar-refractivity contribution < 1.29 is 9.52 Å². The van der Waals surface area contributed by atoms with E-state index in [4.69, 9.17) is 15.3 Å². The molecule has 1 heterocycles. The molecule has 0 saturated carbocycles. The highest BCUT2D eigenvalue weighted by Crippen LogP contribution is 2.18. The highest BCUT2D eigenvalue weighted by atomic mass is 79.9. The van der Waals surface area contributed by atoms with Gasteiger partial charge in [-0.05, 0) is 28.1 Å². The van der Waals surface area contributed by atoms with Crippen molar-refractivity contribution in [3.63, 3.8) is 0 Å². The summed E-state index contributed by atoms with van der Waals surface area (Å²) < 4.78 is 5.70. The number of aliphatic hydroxyl groups is 1. The number of nitrogens with two attached hydrogens (primary N) is 1. The van der Waals surface area contributed by atoms with E-state index in [1.165, 1.54) is 0 Å². The molecule has 0 saturated heterocycles. The third-order valence-electron chi connectivity index (χ3n) is 1.16. The van der Waals surface area contributed by atoms with Gasteiger partial charge in [-0.1, -0.05) is 0 Å². The van der Waals surface area contributed by atoms with Gasteiger partial charge in [-0.2, -0.15) is 0 Å². The summed E-state index contributed by atoms with van der Waals surface area (Å²) in [5, 5.41) is 8.60. The Morgan fingerprint density at radius 2 is 2.40 bits per heavy atom. The fourth-order valence-electron chi connectivity index (χ4n) is 0.618. The molecule has 3 N–H and O–H groups in total. The van der Waals surface area contributed by atoms with Crippen LogP contribution >= 0.6 is 15.9 Å². The van der Waals surface area contributed by atoms with Crippen molar-refractivity contribution >= 4 is 15.9 Å². The van der Waals surface area contributed by atoms with Crippen molar-refractivity contribution in [3.8, 4) is 0 Å². The van der Waals surface area contributed by atoms with E-state index in [1.807, 2.05) is 0 Å². The van der Waals surface area contributed by atoms with E-state index in [0.29, 0.717) is 10.4 Å². The average molecular weight is 206 g/mol. The molecule has 0 bridgehead atoms. The highest BCUT2D eigenvalue weighted by molar-refractivity contribution is 9.10. The van der Waals surface area contributed by atoms with Crippen molar-refractivity contribution in [1.29, 1.82) is 0 Å². The second-order valence-electron chi connectivity index (χ2n) is 1.93. The molecule has 1 unspecified atom stereocenters. The normalized spacial score (nSPS) is 13.5. The van der Waals surface area contributed by atoms with Crippen molar-refractivity contribution in [2.24, 2.45) is 5.73 Å². The largest absolute Gasteiger partial charge is 0.453 e. The molecule has 56 valence electrons. The van der Waals surface area contributed by atoms with Gasteiger partial charge >= 0.3 is 0 Å². The SMILES string of the molecule is NC(CO)c1ccc(Br)o1. The minimum absolute atomic E-state index is 0.0973. The smallest absolute Gasteiger partial charge is 0.169 e. The maximum atomic E-state index is 8.60. The summed E-state index contributed by atoms with van der Waals surface area (Å²) >= 11 is 3.13. The van der Waals surface area contributed by atoms with Crippen LogP contribution in [0.4, 0.5) is 0 Å². The third-order valence-corrected chi connectivity index (χ3v) is 1.58. The summed E-state index contributed by atoms with van der Waals surface area (Å²) in [7, 11) is 0. The van der Waals surface area contributed by atoms with Crippen LogP contribution in [0.1, 0.15) is 11.8 Å². The lowest BCUT2D eigenvalue weighted by atomic mass is 10.2. The van der Waals surface area contributed by atoms with Crippen molar-refractivity contribution in [3.05, 3.63) is 22.6 Å². The number of halogens is 1. The topological polar surface area (TPSA) is 59.4 Å². The molecule has 0 radical (unpaired) electrons. The van der Waals surface area contributed by atoms with Gasteiger partial charge in [0.1, 0.15) is 5.76 Å². The molecule has 0 aliphatic heterocycles. The summed E-state index contributed by atoms with van der Waals surface area (Å²) in [5.41, 5.74) is 5.44. The fraction of sp³-hybridized carbons (Fsp3) is 0.333. The molecule has 1 aromatic heterocycles. The number of furan rings is 1. The molecule has 1 atom stereocenters. The van der Waals surface area contributed by atoms with Crippen LogP contribution in [0.25, 0.3) is 0 Å². The van der Waals surface area contributed by atoms with Gasteiger partial charge < -0.3 is 15.3 Å². The van der Waals surface area contributed by atoms with Gasteiger partial charge in [-0.25, -0.2) is 0 Å². The van der Waals surface area contributed by atoms with Crippen molar-refractivity contribution in [2.45, 2.75) is 6.04 Å². The predicted molar refractivity (Wildman–Crippen MR) is 40.4 cm³/mol. The molecule has 4 heteroatoms. The fourth-order valence-corrected chi connectivity index (χ4v) is 0.937. The quantitative estimate of drug-likeness (QED) is 0.759. The number of hydrogen-bond acceptors (Lipinski definition) is 3. The summed E-state index contributed by atoms with van der Waals surface area (Å²) in [6.07, 6.45) is 0. The molecule has 1 rings (SSSR count). The van der Waals surface area contributed by atoms with E-state index in [0.717, 1.165) is 0 Å². The summed E-state index contributed by atoms with van der Waals surface area (Å²) in [6.45, 7) is -0.0973. The summed E-state index contributed by atoms with van der Waals surface area (Å²) in [5.74, 6) is 0.592. The van der Waals surface area contributed by atoms with E-state index < -0.39 is 6.04 Å². The molecule has 0 fully saturated rings. The Hall–Kier alpha value is -0.320. The highest BCUT2D eigenvalue weighted by Gasteiger charge is 2.07. The van der Waals surface area contributed by atoms with Crippen molar-refractivity contribution in [1.82, 2.24) is 0 Å². The lowest BCUT2D eigenvalue weighted by molar-refractivity contribution is 0.250. The zero-order valence-corrected chi connectivity index (χ0v) is 6.84. The van der Waals surface area contributed by atoms with Crippen molar-refractivity contribution in [2.75, 3.05) is 6.61 Å². The first kappa shape index (κ1) is 7.78. The van der Waals surface area contributed by atoms with E-state index in [2.05, 4.69) is 15.9 Å². The van der Waals surface area contributed by atoms with Gasteiger partial charge in [-0.15, -0.1) is 0 Å². The van der Waals surface area contributed by atoms with E-state index in [1.54, 1.807) is 12.1 Å². The first-order valence-electron chi connectivity index (χ1n) is 2.85. The maximum Gasteiger partial charge on any atom is 0.169 e. The molecule has 3 nitrogen and oxygen atoms in total. The average Bonchev–Trinajstić information content (AvgIpc) is 2.34. The Morgan fingerprint density at radius 1 is 1.70 bits per heavy atom. The molecule has 0 aliphatic rings. The van der Waals surface area contributed by atoms with E-state index in [9.17, 15) is 0 Å². The Labute approximate surface area is 67.0 Å². The second kappa shape index (κ2) is 3.18. The third kappa shape index (κ3) is 1.59. The van der Waals surface area contributed by atoms with Crippen LogP contribution in [0.5, 0.6) is 0 Å². The zero-order valence-electron chi connectivity index (χ0n) is 5.25. The molecule has 0 amide bonds. The van der Waals surface area contributed by atoms with Gasteiger partial charge in [0.2, 0.25) is 0 Å². The first-order valence-corrected chi connectivity index (χ1v) is 3.65. The van der Waals surface area contributed by atoms with Crippen LogP contribution in [0, 0.1) is 0 Å². The molecule has 1 aromatic rings. The zero-order chi connectivity index (χ0) is 7.56. The minimum atomic E-state index is -0.411. The van der Waals surface area contributed by atoms with Crippen LogP contribution < -0.4 is 5.73 Å². The Balaban J connectivity index is 2.74. The standard InChI is InChI=1S/C6H8BrNO2/c7-6-2-1-5(10-6)4(8)3-9/h1-2,4,9H,3,8H2. The number of rotatable bonds is 2. The van der Waals surface area contributed by atoms with Crippen LogP contribution in [0.15, 0.2) is 21.2 Å². The monoisotopic (exact) mass is 205 g/mol. The van der Waals surface area contributed by atoms with E-state index >= 15 is 0 Å². The molecule has 0 aliphatic carbocycles. The second-order valence-corrected chi connectivity index (χ2v) is 2.71. The minimum Gasteiger partial charge on any atom is -0.453 e. The van der Waals surface area contributed by atoms with Gasteiger partial charge in [-0.3, -0.25) is 0 Å². The van der Waals surface area contributed by atoms with Crippen LogP contribution in [-0.2, 0) is 0 Å². The van der Waals surface area contributed by atoms with Crippen LogP contribution in [0.3, 0.4) is 0 Å². The Bertz CT molecular complexity index is 211. The van der Waals surface area contributed by atoms with Gasteiger partial charge in [0, 0.05) is 0 Å². The molecule has 0 aromatic carbocycles. The number of aliphatic hydroxyl groups excluding tert-OH is 1. The molecular weight excluding hydrogens is 198 g/mol. The lowest BCUT2D eigenvalue weighted by Gasteiger charge is -2.01. The Kier molecular flexibility index (Phi) is 2.48. The Morgan fingerprint density at radius 3 is 2.80 bits per heavy atom. The van der Waals surface area contributed by atoms with Crippen LogP contribution in [-0.4, -0.2) is 11.7 Å². The van der Waals surface area contributed by atoms with Crippen LogP contribution in [0.2, 0.25) is 0 Å². The maximum absolute atomic E-state index is 8.60. The number of hydrogen-bond donors (Lipinski definition) is 2. The first-order chi connectivity index (χ1) is 4.74. The summed E-state index contributed by atoms with van der Waals surface area (Å²) in [4.78, 5) is 0. The lowest BCUT2D eigenvalue weighted by Crippen LogP contribution is -2.13. The predicted octanol–water partition coefficient (Wildman–Crippen LogP) is 1.03. The van der Waals surface area contributed by atoms with Gasteiger partial charge in [0.25, 0.3) is 0 Å². The molecule has 10 heavy (non-hydrogen) atoms. The van der Waals surface area contributed by atoms with Gasteiger partial charge in [0.05, 0.1) is 12.6 Å². The van der Waals surface area contributed by atoms with Gasteiger partial charge in [0.15, 0.2) is 4.67 Å². The summed E-state index contributed by atoms with van der Waals surface area (Å²) in [6, 6.07) is 3.06.